The van der Waals surface area contributed by atoms with Crippen LogP contribution in [0, 0.1) is 0 Å². The number of benzene rings is 2. The number of nitrogens with one attached hydrogen (secondary N) is 2. The number of ether oxygens (including phenoxy) is 1. The summed E-state index contributed by atoms with van der Waals surface area (Å²) in [4.78, 5) is 25.2. The predicted molar refractivity (Wildman–Crippen MR) is 116 cm³/mol. The van der Waals surface area contributed by atoms with Crippen LogP contribution in [-0.2, 0) is 0 Å². The first-order chi connectivity index (χ1) is 14.7. The van der Waals surface area contributed by atoms with Gasteiger partial charge in [-0.25, -0.2) is 15.0 Å². The molecule has 0 bridgehead atoms. The number of amides is 1. The summed E-state index contributed by atoms with van der Waals surface area (Å²) in [6, 6.07) is 21.7. The maximum Gasteiger partial charge on any atom is 0.255 e. The van der Waals surface area contributed by atoms with Crippen LogP contribution in [0.4, 0.5) is 11.6 Å². The average molecular weight is 397 g/mol. The Balaban J connectivity index is 1.51. The van der Waals surface area contributed by atoms with Crippen molar-refractivity contribution < 1.29 is 9.53 Å². The third-order valence-corrected chi connectivity index (χ3v) is 4.29. The van der Waals surface area contributed by atoms with Gasteiger partial charge < -0.3 is 15.4 Å². The molecule has 0 radical (unpaired) electrons. The van der Waals surface area contributed by atoms with Gasteiger partial charge in [-0.3, -0.25) is 4.79 Å². The molecular formula is C23H19N5O2. The number of aromatic nitrogens is 3. The lowest BCUT2D eigenvalue weighted by atomic mass is 10.2. The summed E-state index contributed by atoms with van der Waals surface area (Å²) in [6.07, 6.45) is 3.34. The summed E-state index contributed by atoms with van der Waals surface area (Å²) in [5.74, 6) is 1.37. The molecule has 7 heteroatoms. The third-order valence-electron chi connectivity index (χ3n) is 4.29. The van der Waals surface area contributed by atoms with Crippen LogP contribution in [0.1, 0.15) is 10.4 Å². The van der Waals surface area contributed by atoms with Crippen molar-refractivity contribution in [3.63, 3.8) is 0 Å². The molecule has 30 heavy (non-hydrogen) atoms. The average Bonchev–Trinajstić information content (AvgIpc) is 2.81. The maximum absolute atomic E-state index is 12.3. The number of rotatable bonds is 6. The lowest BCUT2D eigenvalue weighted by molar-refractivity contribution is 0.102. The molecule has 4 aromatic rings. The van der Waals surface area contributed by atoms with Crippen LogP contribution in [0.5, 0.6) is 11.6 Å². The molecule has 0 saturated carbocycles. The topological polar surface area (TPSA) is 89.0 Å². The molecule has 2 heterocycles. The molecule has 7 nitrogen and oxygen atoms in total. The molecule has 2 aromatic carbocycles. The summed E-state index contributed by atoms with van der Waals surface area (Å²) in [5.41, 5.74) is 2.72. The van der Waals surface area contributed by atoms with E-state index in [2.05, 4.69) is 25.6 Å². The van der Waals surface area contributed by atoms with Gasteiger partial charge in [-0.1, -0.05) is 18.2 Å². The quantitative estimate of drug-likeness (QED) is 0.493. The number of pyridine rings is 1. The van der Waals surface area contributed by atoms with Crippen molar-refractivity contribution in [2.24, 2.45) is 0 Å². The van der Waals surface area contributed by atoms with Crippen molar-refractivity contribution in [1.82, 2.24) is 15.0 Å². The highest BCUT2D eigenvalue weighted by atomic mass is 16.5. The standard InChI is InChI=1S/C23H19N5O2/c1-24-23-26-15-13-20(28-23)19-8-5-14-25-22(19)30-18-11-9-17(10-12-18)27-21(29)16-6-3-2-4-7-16/h2-15H,1H3,(H,27,29)(H,24,26,28). The second kappa shape index (κ2) is 8.83. The van der Waals surface area contributed by atoms with E-state index in [0.717, 1.165) is 5.56 Å². The van der Waals surface area contributed by atoms with Gasteiger partial charge in [0.2, 0.25) is 11.8 Å². The van der Waals surface area contributed by atoms with E-state index in [1.165, 1.54) is 0 Å². The first-order valence-corrected chi connectivity index (χ1v) is 9.33. The van der Waals surface area contributed by atoms with Gasteiger partial charge >= 0.3 is 0 Å². The molecule has 0 atom stereocenters. The predicted octanol–water partition coefficient (Wildman–Crippen LogP) is 4.62. The van der Waals surface area contributed by atoms with Gasteiger partial charge in [0, 0.05) is 30.7 Å². The first-order valence-electron chi connectivity index (χ1n) is 9.33. The molecular weight excluding hydrogens is 378 g/mol. The van der Waals surface area contributed by atoms with Crippen molar-refractivity contribution in [2.75, 3.05) is 17.7 Å². The van der Waals surface area contributed by atoms with Gasteiger partial charge in [0.15, 0.2) is 0 Å². The van der Waals surface area contributed by atoms with Crippen LogP contribution >= 0.6 is 0 Å². The highest BCUT2D eigenvalue weighted by Gasteiger charge is 2.11. The van der Waals surface area contributed by atoms with Crippen LogP contribution < -0.4 is 15.4 Å². The number of anilines is 2. The third kappa shape index (κ3) is 4.41. The smallest absolute Gasteiger partial charge is 0.255 e. The van der Waals surface area contributed by atoms with Crippen LogP contribution in [0.15, 0.2) is 85.2 Å². The highest BCUT2D eigenvalue weighted by Crippen LogP contribution is 2.30. The number of carbonyl (C=O) groups is 1. The minimum atomic E-state index is -0.166. The van der Waals surface area contributed by atoms with Crippen LogP contribution in [0.2, 0.25) is 0 Å². The Kier molecular flexibility index (Phi) is 5.61. The van der Waals surface area contributed by atoms with Gasteiger partial charge in [0.1, 0.15) is 5.75 Å². The minimum Gasteiger partial charge on any atom is -0.438 e. The molecule has 2 N–H and O–H groups in total. The van der Waals surface area contributed by atoms with E-state index in [0.29, 0.717) is 34.5 Å². The van der Waals surface area contributed by atoms with E-state index < -0.39 is 0 Å². The van der Waals surface area contributed by atoms with E-state index in [9.17, 15) is 4.79 Å². The van der Waals surface area contributed by atoms with Crippen molar-refractivity contribution in [2.45, 2.75) is 0 Å². The van der Waals surface area contributed by atoms with Crippen LogP contribution in [-0.4, -0.2) is 27.9 Å². The minimum absolute atomic E-state index is 0.166. The van der Waals surface area contributed by atoms with Gasteiger partial charge in [-0.15, -0.1) is 0 Å². The number of hydrogen-bond acceptors (Lipinski definition) is 6. The molecule has 148 valence electrons. The Bertz CT molecular complexity index is 1150. The molecule has 0 saturated heterocycles. The van der Waals surface area contributed by atoms with E-state index in [1.807, 2.05) is 30.3 Å². The Morgan fingerprint density at radius 1 is 0.867 bits per heavy atom. The van der Waals surface area contributed by atoms with Gasteiger partial charge in [-0.05, 0) is 54.6 Å². The van der Waals surface area contributed by atoms with E-state index in [4.69, 9.17) is 4.74 Å². The van der Waals surface area contributed by atoms with Gasteiger partial charge in [-0.2, -0.15) is 0 Å². The lowest BCUT2D eigenvalue weighted by Crippen LogP contribution is -2.11. The second-order valence-corrected chi connectivity index (χ2v) is 6.32. The van der Waals surface area contributed by atoms with E-state index in [1.54, 1.807) is 61.9 Å². The number of carbonyl (C=O) groups excluding carboxylic acids is 1. The summed E-state index contributed by atoms with van der Waals surface area (Å²) in [7, 11) is 1.76. The monoisotopic (exact) mass is 397 g/mol. The van der Waals surface area contributed by atoms with Gasteiger partial charge in [0.05, 0.1) is 11.3 Å². The number of nitrogens with zero attached hydrogens (tertiary/aromatic N) is 3. The fourth-order valence-corrected chi connectivity index (χ4v) is 2.81. The second-order valence-electron chi connectivity index (χ2n) is 6.32. The molecule has 4 rings (SSSR count). The SMILES string of the molecule is CNc1nccc(-c2cccnc2Oc2ccc(NC(=O)c3ccccc3)cc2)n1. The zero-order valence-electron chi connectivity index (χ0n) is 16.2. The highest BCUT2D eigenvalue weighted by molar-refractivity contribution is 6.04. The maximum atomic E-state index is 12.3. The normalized spacial score (nSPS) is 10.3. The Hall–Kier alpha value is -4.26. The molecule has 1 amide bonds. The molecule has 0 unspecified atom stereocenters. The van der Waals surface area contributed by atoms with Crippen LogP contribution in [0.3, 0.4) is 0 Å². The Morgan fingerprint density at radius 2 is 1.67 bits per heavy atom. The summed E-state index contributed by atoms with van der Waals surface area (Å²) in [6.45, 7) is 0. The molecule has 0 aliphatic heterocycles. The zero-order valence-corrected chi connectivity index (χ0v) is 16.2. The fourth-order valence-electron chi connectivity index (χ4n) is 2.81. The summed E-state index contributed by atoms with van der Waals surface area (Å²) < 4.78 is 5.98. The molecule has 0 fully saturated rings. The van der Waals surface area contributed by atoms with Crippen molar-refractivity contribution in [1.29, 1.82) is 0 Å². The van der Waals surface area contributed by atoms with Crippen molar-refractivity contribution >= 4 is 17.5 Å². The summed E-state index contributed by atoms with van der Waals surface area (Å²) >= 11 is 0. The van der Waals surface area contributed by atoms with E-state index >= 15 is 0 Å². The molecule has 2 aromatic heterocycles. The summed E-state index contributed by atoms with van der Waals surface area (Å²) in [5, 5.41) is 5.79. The van der Waals surface area contributed by atoms with E-state index in [-0.39, 0.29) is 5.91 Å². The number of hydrogen-bond donors (Lipinski definition) is 2. The van der Waals surface area contributed by atoms with Crippen molar-refractivity contribution in [3.05, 3.63) is 90.8 Å². The molecule has 0 aliphatic rings. The van der Waals surface area contributed by atoms with Gasteiger partial charge in [0.25, 0.3) is 5.91 Å². The Morgan fingerprint density at radius 3 is 2.43 bits per heavy atom. The lowest BCUT2D eigenvalue weighted by Gasteiger charge is -2.11. The Labute approximate surface area is 173 Å². The zero-order chi connectivity index (χ0) is 20.8. The fraction of sp³-hybridized carbons (Fsp3) is 0.0435. The van der Waals surface area contributed by atoms with Crippen molar-refractivity contribution in [3.8, 4) is 22.9 Å². The molecule has 0 spiro atoms. The first kappa shape index (κ1) is 19.1. The molecule has 0 aliphatic carbocycles. The largest absolute Gasteiger partial charge is 0.438 e. The van der Waals surface area contributed by atoms with Crippen LogP contribution in [0.25, 0.3) is 11.3 Å².